The highest BCUT2D eigenvalue weighted by Gasteiger charge is 2.18. The topological polar surface area (TPSA) is 49.4 Å². The van der Waals surface area contributed by atoms with Gasteiger partial charge in [-0.1, -0.05) is 35.9 Å². The quantitative estimate of drug-likeness (QED) is 0.820. The normalized spacial score (nSPS) is 10.3. The number of benzene rings is 2. The van der Waals surface area contributed by atoms with Gasteiger partial charge in [-0.15, -0.1) is 0 Å². The van der Waals surface area contributed by atoms with Gasteiger partial charge in [0, 0.05) is 12.2 Å². The van der Waals surface area contributed by atoms with Crippen molar-refractivity contribution in [2.75, 3.05) is 16.8 Å². The predicted octanol–water partition coefficient (Wildman–Crippen LogP) is 4.34. The highest BCUT2D eigenvalue weighted by molar-refractivity contribution is 6.34. The molecule has 0 fully saturated rings. The van der Waals surface area contributed by atoms with Crippen LogP contribution in [-0.4, -0.2) is 18.4 Å². The molecule has 0 spiro atoms. The SMILES string of the molecule is CCN(C(=O)CC(=O)Nc1c(C)cc(C)cc1Cl)c1ccccc1. The van der Waals surface area contributed by atoms with E-state index >= 15 is 0 Å². The van der Waals surface area contributed by atoms with E-state index in [1.54, 1.807) is 11.0 Å². The Bertz CT molecular complexity index is 721. The van der Waals surface area contributed by atoms with Gasteiger partial charge in [0.2, 0.25) is 11.8 Å². The highest BCUT2D eigenvalue weighted by Crippen LogP contribution is 2.27. The van der Waals surface area contributed by atoms with Crippen molar-refractivity contribution in [2.45, 2.75) is 27.2 Å². The van der Waals surface area contributed by atoms with E-state index in [2.05, 4.69) is 5.32 Å². The van der Waals surface area contributed by atoms with Gasteiger partial charge < -0.3 is 10.2 Å². The van der Waals surface area contributed by atoms with Crippen LogP contribution in [-0.2, 0) is 9.59 Å². The third-order valence-corrected chi connectivity index (χ3v) is 3.99. The molecule has 0 aromatic heterocycles. The van der Waals surface area contributed by atoms with E-state index in [4.69, 9.17) is 11.6 Å². The fourth-order valence-electron chi connectivity index (χ4n) is 2.60. The predicted molar refractivity (Wildman–Crippen MR) is 98.6 cm³/mol. The van der Waals surface area contributed by atoms with E-state index in [9.17, 15) is 9.59 Å². The zero-order valence-electron chi connectivity index (χ0n) is 14.1. The molecular formula is C19H21ClN2O2. The molecule has 2 rings (SSSR count). The Labute approximate surface area is 147 Å². The van der Waals surface area contributed by atoms with Crippen molar-refractivity contribution in [1.29, 1.82) is 0 Å². The first-order valence-electron chi connectivity index (χ1n) is 7.84. The lowest BCUT2D eigenvalue weighted by Crippen LogP contribution is -2.33. The van der Waals surface area contributed by atoms with Crippen LogP contribution < -0.4 is 10.2 Å². The number of carbonyl (C=O) groups excluding carboxylic acids is 2. The molecule has 2 aromatic rings. The van der Waals surface area contributed by atoms with Crippen molar-refractivity contribution >= 4 is 34.8 Å². The van der Waals surface area contributed by atoms with Crippen LogP contribution in [0, 0.1) is 13.8 Å². The minimum atomic E-state index is -0.372. The summed E-state index contributed by atoms with van der Waals surface area (Å²) in [7, 11) is 0. The summed E-state index contributed by atoms with van der Waals surface area (Å²) >= 11 is 6.19. The molecule has 0 unspecified atom stereocenters. The smallest absolute Gasteiger partial charge is 0.236 e. The van der Waals surface area contributed by atoms with Crippen molar-refractivity contribution in [3.8, 4) is 0 Å². The van der Waals surface area contributed by atoms with Crippen molar-refractivity contribution < 1.29 is 9.59 Å². The number of hydrogen-bond donors (Lipinski definition) is 1. The molecule has 0 heterocycles. The molecule has 1 N–H and O–H groups in total. The molecule has 126 valence electrons. The molecule has 5 heteroatoms. The number of nitrogens with one attached hydrogen (secondary N) is 1. The fourth-order valence-corrected chi connectivity index (χ4v) is 2.97. The number of hydrogen-bond acceptors (Lipinski definition) is 2. The van der Waals surface area contributed by atoms with E-state index in [1.807, 2.05) is 57.2 Å². The average molecular weight is 345 g/mol. The van der Waals surface area contributed by atoms with Crippen molar-refractivity contribution in [2.24, 2.45) is 0 Å². The first-order chi connectivity index (χ1) is 11.4. The first-order valence-corrected chi connectivity index (χ1v) is 8.22. The number of para-hydroxylation sites is 1. The molecule has 24 heavy (non-hydrogen) atoms. The van der Waals surface area contributed by atoms with Crippen molar-refractivity contribution in [3.05, 3.63) is 58.6 Å². The molecule has 0 radical (unpaired) electrons. The summed E-state index contributed by atoms with van der Waals surface area (Å²) < 4.78 is 0. The second-order valence-electron chi connectivity index (χ2n) is 5.64. The zero-order valence-corrected chi connectivity index (χ0v) is 14.9. The average Bonchev–Trinajstić information content (AvgIpc) is 2.52. The molecule has 0 aliphatic rings. The molecule has 2 amide bonds. The number of halogens is 1. The highest BCUT2D eigenvalue weighted by atomic mass is 35.5. The summed E-state index contributed by atoms with van der Waals surface area (Å²) in [5, 5.41) is 3.22. The Morgan fingerprint density at radius 2 is 1.79 bits per heavy atom. The Morgan fingerprint density at radius 3 is 2.38 bits per heavy atom. The molecule has 0 saturated heterocycles. The van der Waals surface area contributed by atoms with Crippen LogP contribution in [0.1, 0.15) is 24.5 Å². The molecule has 0 aliphatic carbocycles. The van der Waals surface area contributed by atoms with E-state index in [0.717, 1.165) is 16.8 Å². The minimum absolute atomic E-state index is 0.230. The molecule has 0 aliphatic heterocycles. The molecule has 0 bridgehead atoms. The molecule has 0 atom stereocenters. The van der Waals surface area contributed by atoms with Crippen LogP contribution in [0.5, 0.6) is 0 Å². The number of carbonyl (C=O) groups is 2. The van der Waals surface area contributed by atoms with Crippen molar-refractivity contribution in [1.82, 2.24) is 0 Å². The Morgan fingerprint density at radius 1 is 1.12 bits per heavy atom. The minimum Gasteiger partial charge on any atom is -0.324 e. The number of rotatable bonds is 5. The molecule has 0 saturated carbocycles. The summed E-state index contributed by atoms with van der Waals surface area (Å²) in [5.74, 6) is -0.620. The third-order valence-electron chi connectivity index (χ3n) is 3.69. The van der Waals surface area contributed by atoms with Crippen LogP contribution in [0.3, 0.4) is 0 Å². The zero-order chi connectivity index (χ0) is 17.7. The molecule has 2 aromatic carbocycles. The maximum Gasteiger partial charge on any atom is 0.236 e. The molecule has 4 nitrogen and oxygen atoms in total. The maximum atomic E-state index is 12.4. The van der Waals surface area contributed by atoms with Gasteiger partial charge in [0.1, 0.15) is 6.42 Å². The van der Waals surface area contributed by atoms with Crippen molar-refractivity contribution in [3.63, 3.8) is 0 Å². The summed E-state index contributed by atoms with van der Waals surface area (Å²) in [4.78, 5) is 26.3. The van der Waals surface area contributed by atoms with Gasteiger partial charge in [-0.2, -0.15) is 0 Å². The Kier molecular flexibility index (Phi) is 5.99. The van der Waals surface area contributed by atoms with E-state index in [-0.39, 0.29) is 18.2 Å². The van der Waals surface area contributed by atoms with Crippen LogP contribution in [0.4, 0.5) is 11.4 Å². The van der Waals surface area contributed by atoms with E-state index in [0.29, 0.717) is 17.3 Å². The third kappa shape index (κ3) is 4.36. The number of aryl methyl sites for hydroxylation is 2. The van der Waals surface area contributed by atoms with Crippen LogP contribution in [0.15, 0.2) is 42.5 Å². The standard InChI is InChI=1S/C19H21ClN2O2/c1-4-22(15-8-6-5-7-9-15)18(24)12-17(23)21-19-14(3)10-13(2)11-16(19)20/h5-11H,4,12H2,1-3H3,(H,21,23). The van der Waals surface area contributed by atoms with Gasteiger partial charge in [0.05, 0.1) is 10.7 Å². The van der Waals surface area contributed by atoms with Crippen LogP contribution >= 0.6 is 11.6 Å². The van der Waals surface area contributed by atoms with Gasteiger partial charge in [-0.05, 0) is 50.1 Å². The van der Waals surface area contributed by atoms with E-state index in [1.165, 1.54) is 0 Å². The summed E-state index contributed by atoms with van der Waals surface area (Å²) in [6.45, 7) is 6.19. The van der Waals surface area contributed by atoms with Gasteiger partial charge in [-0.3, -0.25) is 9.59 Å². The number of anilines is 2. The molecular weight excluding hydrogens is 324 g/mol. The Hall–Kier alpha value is -2.33. The number of nitrogens with zero attached hydrogens (tertiary/aromatic N) is 1. The lowest BCUT2D eigenvalue weighted by molar-refractivity contribution is -0.125. The summed E-state index contributed by atoms with van der Waals surface area (Å²) in [6.07, 6.45) is -0.230. The lowest BCUT2D eigenvalue weighted by Gasteiger charge is -2.21. The second kappa shape index (κ2) is 7.97. The first kappa shape index (κ1) is 18.0. The summed E-state index contributed by atoms with van der Waals surface area (Å²) in [6, 6.07) is 13.0. The lowest BCUT2D eigenvalue weighted by atomic mass is 10.1. The maximum absolute atomic E-state index is 12.4. The number of amides is 2. The van der Waals surface area contributed by atoms with E-state index < -0.39 is 0 Å². The van der Waals surface area contributed by atoms with Gasteiger partial charge in [0.25, 0.3) is 0 Å². The largest absolute Gasteiger partial charge is 0.324 e. The van der Waals surface area contributed by atoms with Gasteiger partial charge in [0.15, 0.2) is 0 Å². The van der Waals surface area contributed by atoms with Gasteiger partial charge in [-0.25, -0.2) is 0 Å². The summed E-state index contributed by atoms with van der Waals surface area (Å²) in [5.41, 5.74) is 3.23. The van der Waals surface area contributed by atoms with Crippen LogP contribution in [0.2, 0.25) is 5.02 Å². The second-order valence-corrected chi connectivity index (χ2v) is 6.04. The van der Waals surface area contributed by atoms with Crippen LogP contribution in [0.25, 0.3) is 0 Å². The Balaban J connectivity index is 2.08. The fraction of sp³-hybridized carbons (Fsp3) is 0.263. The monoisotopic (exact) mass is 344 g/mol. The van der Waals surface area contributed by atoms with Gasteiger partial charge >= 0.3 is 0 Å².